The van der Waals surface area contributed by atoms with Gasteiger partial charge in [0.2, 0.25) is 18.3 Å². The Morgan fingerprint density at radius 3 is 2.17 bits per heavy atom. The second-order valence-electron chi connectivity index (χ2n) is 8.17. The molecule has 6 heteroatoms. The second kappa shape index (κ2) is 6.94. The maximum Gasteiger partial charge on any atom is 0.231 e. The van der Waals surface area contributed by atoms with Crippen molar-refractivity contribution >= 4 is 0 Å². The van der Waals surface area contributed by atoms with Crippen molar-refractivity contribution in [3.05, 3.63) is 23.3 Å². The van der Waals surface area contributed by atoms with Gasteiger partial charge in [-0.15, -0.1) is 0 Å². The summed E-state index contributed by atoms with van der Waals surface area (Å²) in [6, 6.07) is 4.13. The first-order valence-corrected chi connectivity index (χ1v) is 9.70. The average Bonchev–Trinajstić information content (AvgIpc) is 3.15. The van der Waals surface area contributed by atoms with Gasteiger partial charge < -0.3 is 28.4 Å². The molecule has 1 aliphatic carbocycles. The smallest absolute Gasteiger partial charge is 0.231 e. The van der Waals surface area contributed by atoms with E-state index in [2.05, 4.69) is 26.8 Å². The molecule has 1 atom stereocenters. The summed E-state index contributed by atoms with van der Waals surface area (Å²) < 4.78 is 34.5. The molecule has 2 aliphatic rings. The monoisotopic (exact) mass is 400 g/mol. The van der Waals surface area contributed by atoms with Crippen molar-refractivity contribution in [3.8, 4) is 45.6 Å². The molecule has 0 amide bonds. The van der Waals surface area contributed by atoms with Gasteiger partial charge in [-0.1, -0.05) is 20.8 Å². The summed E-state index contributed by atoms with van der Waals surface area (Å²) in [4.78, 5) is 0. The van der Waals surface area contributed by atoms with Crippen LogP contribution in [0.3, 0.4) is 0 Å². The molecule has 0 bridgehead atoms. The minimum Gasteiger partial charge on any atom is -0.493 e. The van der Waals surface area contributed by atoms with Gasteiger partial charge >= 0.3 is 0 Å². The van der Waals surface area contributed by atoms with Crippen LogP contribution in [0.15, 0.2) is 12.1 Å². The van der Waals surface area contributed by atoms with Crippen molar-refractivity contribution in [1.82, 2.24) is 0 Å². The maximum absolute atomic E-state index is 5.88. The normalized spacial score (nSPS) is 18.4. The molecule has 156 valence electrons. The predicted molar refractivity (Wildman–Crippen MR) is 110 cm³/mol. The Labute approximate surface area is 171 Å². The lowest BCUT2D eigenvalue weighted by atomic mass is 9.73. The molecule has 1 heterocycles. The van der Waals surface area contributed by atoms with E-state index in [4.69, 9.17) is 28.4 Å². The summed E-state index contributed by atoms with van der Waals surface area (Å²) in [5.41, 5.74) is 4.14. The third kappa shape index (κ3) is 2.76. The van der Waals surface area contributed by atoms with Crippen molar-refractivity contribution in [2.24, 2.45) is 5.41 Å². The van der Waals surface area contributed by atoms with Gasteiger partial charge in [0.1, 0.15) is 0 Å². The first kappa shape index (κ1) is 19.6. The molecule has 0 spiro atoms. The highest BCUT2D eigenvalue weighted by molar-refractivity contribution is 5.89. The van der Waals surface area contributed by atoms with Gasteiger partial charge in [0.05, 0.1) is 28.4 Å². The van der Waals surface area contributed by atoms with Gasteiger partial charge in [-0.25, -0.2) is 0 Å². The van der Waals surface area contributed by atoms with Crippen molar-refractivity contribution in [2.45, 2.75) is 33.1 Å². The lowest BCUT2D eigenvalue weighted by Crippen LogP contribution is -2.21. The largest absolute Gasteiger partial charge is 0.493 e. The molecule has 4 rings (SSSR count). The number of hydrogen-bond donors (Lipinski definition) is 0. The van der Waals surface area contributed by atoms with Crippen molar-refractivity contribution < 1.29 is 28.4 Å². The van der Waals surface area contributed by atoms with E-state index < -0.39 is 0 Å². The van der Waals surface area contributed by atoms with E-state index >= 15 is 0 Å². The van der Waals surface area contributed by atoms with E-state index in [9.17, 15) is 0 Å². The number of ether oxygens (including phenoxy) is 6. The lowest BCUT2D eigenvalue weighted by Gasteiger charge is -2.31. The minimum absolute atomic E-state index is 0.0245. The molecule has 0 saturated heterocycles. The van der Waals surface area contributed by atoms with Crippen LogP contribution in [0, 0.1) is 5.41 Å². The van der Waals surface area contributed by atoms with E-state index in [-0.39, 0.29) is 18.1 Å². The third-order valence-corrected chi connectivity index (χ3v) is 6.30. The topological polar surface area (TPSA) is 55.4 Å². The van der Waals surface area contributed by atoms with Gasteiger partial charge in [-0.2, -0.15) is 0 Å². The molecule has 0 saturated carbocycles. The van der Waals surface area contributed by atoms with Crippen LogP contribution in [0.25, 0.3) is 11.1 Å². The van der Waals surface area contributed by atoms with Crippen LogP contribution in [0.2, 0.25) is 0 Å². The SMILES string of the molecule is COc1cc2c(c(OC)c1OC)-c1c(cc3c(c1OC)OCO3)[C@H](C)C(C)(C)C2. The molecule has 0 unspecified atom stereocenters. The fourth-order valence-electron chi connectivity index (χ4n) is 4.51. The number of methoxy groups -OCH3 is 4. The number of rotatable bonds is 4. The summed E-state index contributed by atoms with van der Waals surface area (Å²) in [6.07, 6.45) is 0.838. The zero-order valence-electron chi connectivity index (χ0n) is 18.1. The fourth-order valence-corrected chi connectivity index (χ4v) is 4.51. The fraction of sp³-hybridized carbons (Fsp3) is 0.478. The Bertz CT molecular complexity index is 963. The molecule has 1 aliphatic heterocycles. The Kier molecular flexibility index (Phi) is 4.68. The van der Waals surface area contributed by atoms with Crippen molar-refractivity contribution in [2.75, 3.05) is 35.2 Å². The standard InChI is InChI=1S/C23H28O6/c1-12-14-9-16-20(29-11-28-16)22(27-7)18(14)17-13(10-23(12,2)3)8-15(24-4)19(25-5)21(17)26-6/h8-9,12H,10-11H2,1-7H3/t12-/m0/s1. The van der Waals surface area contributed by atoms with Gasteiger partial charge in [0.25, 0.3) is 0 Å². The molecule has 29 heavy (non-hydrogen) atoms. The van der Waals surface area contributed by atoms with Crippen LogP contribution < -0.4 is 28.4 Å². The van der Waals surface area contributed by atoms with E-state index in [0.717, 1.165) is 28.7 Å². The van der Waals surface area contributed by atoms with Crippen LogP contribution in [-0.2, 0) is 6.42 Å². The molecular formula is C23H28O6. The number of benzene rings is 2. The molecule has 2 aromatic rings. The van der Waals surface area contributed by atoms with Gasteiger partial charge in [-0.05, 0) is 41.0 Å². The number of fused-ring (bicyclic) bond motifs is 4. The average molecular weight is 400 g/mol. The van der Waals surface area contributed by atoms with Crippen LogP contribution >= 0.6 is 0 Å². The van der Waals surface area contributed by atoms with Gasteiger partial charge in [0.15, 0.2) is 23.0 Å². The van der Waals surface area contributed by atoms with Crippen LogP contribution in [0.1, 0.15) is 37.8 Å². The van der Waals surface area contributed by atoms with Crippen LogP contribution in [-0.4, -0.2) is 35.2 Å². The Morgan fingerprint density at radius 2 is 1.55 bits per heavy atom. The first-order valence-electron chi connectivity index (χ1n) is 9.70. The summed E-state index contributed by atoms with van der Waals surface area (Å²) in [5.74, 6) is 4.07. The molecule has 0 aromatic heterocycles. The van der Waals surface area contributed by atoms with E-state index in [0.29, 0.717) is 34.5 Å². The van der Waals surface area contributed by atoms with E-state index in [1.165, 1.54) is 0 Å². The summed E-state index contributed by atoms with van der Waals surface area (Å²) >= 11 is 0. The second-order valence-corrected chi connectivity index (χ2v) is 8.17. The van der Waals surface area contributed by atoms with Crippen LogP contribution in [0.5, 0.6) is 34.5 Å². The summed E-state index contributed by atoms with van der Waals surface area (Å²) in [7, 11) is 6.57. The summed E-state index contributed by atoms with van der Waals surface area (Å²) in [6.45, 7) is 6.98. The highest BCUT2D eigenvalue weighted by atomic mass is 16.7. The Morgan fingerprint density at radius 1 is 0.862 bits per heavy atom. The first-order chi connectivity index (χ1) is 13.9. The highest BCUT2D eigenvalue weighted by Crippen LogP contribution is 2.60. The molecular weight excluding hydrogens is 372 g/mol. The lowest BCUT2D eigenvalue weighted by molar-refractivity contribution is 0.171. The quantitative estimate of drug-likeness (QED) is 0.735. The third-order valence-electron chi connectivity index (χ3n) is 6.30. The zero-order chi connectivity index (χ0) is 20.9. The molecule has 6 nitrogen and oxygen atoms in total. The van der Waals surface area contributed by atoms with Gasteiger partial charge in [-0.3, -0.25) is 0 Å². The molecule has 0 radical (unpaired) electrons. The van der Waals surface area contributed by atoms with Gasteiger partial charge in [0, 0.05) is 11.1 Å². The summed E-state index contributed by atoms with van der Waals surface area (Å²) in [5, 5.41) is 0. The maximum atomic E-state index is 5.88. The number of hydrogen-bond acceptors (Lipinski definition) is 6. The Hall–Kier alpha value is -2.76. The predicted octanol–water partition coefficient (Wildman–Crippen LogP) is 4.80. The zero-order valence-corrected chi connectivity index (χ0v) is 18.1. The minimum atomic E-state index is -0.0245. The van der Waals surface area contributed by atoms with Crippen molar-refractivity contribution in [3.63, 3.8) is 0 Å². The Balaban J connectivity index is 2.18. The van der Waals surface area contributed by atoms with E-state index in [1.807, 2.05) is 6.07 Å². The molecule has 0 N–H and O–H groups in total. The molecule has 2 aromatic carbocycles. The van der Waals surface area contributed by atoms with Crippen LogP contribution in [0.4, 0.5) is 0 Å². The highest BCUT2D eigenvalue weighted by Gasteiger charge is 2.40. The molecule has 0 fully saturated rings. The van der Waals surface area contributed by atoms with Crippen molar-refractivity contribution in [1.29, 1.82) is 0 Å². The van der Waals surface area contributed by atoms with E-state index in [1.54, 1.807) is 28.4 Å².